The van der Waals surface area contributed by atoms with Crippen molar-refractivity contribution in [2.24, 2.45) is 5.92 Å². The van der Waals surface area contributed by atoms with Crippen LogP contribution in [-0.4, -0.2) is 0 Å². The fraction of sp³-hybridized carbons (Fsp3) is 0.500. The van der Waals surface area contributed by atoms with Crippen LogP contribution in [-0.2, 0) is 0 Å². The van der Waals surface area contributed by atoms with Gasteiger partial charge in [0.05, 0.1) is 0 Å². The first-order valence-corrected chi connectivity index (χ1v) is 2.92. The van der Waals surface area contributed by atoms with E-state index < -0.39 is 0 Å². The number of hydrogen-bond donors (Lipinski definition) is 0. The van der Waals surface area contributed by atoms with Crippen LogP contribution in [0.5, 0.6) is 0 Å². The van der Waals surface area contributed by atoms with Gasteiger partial charge < -0.3 is 0 Å². The van der Waals surface area contributed by atoms with E-state index in [1.165, 1.54) is 0 Å². The van der Waals surface area contributed by atoms with Crippen LogP contribution in [0.15, 0.2) is 12.7 Å². The fourth-order valence-corrected chi connectivity index (χ4v) is 0.554. The van der Waals surface area contributed by atoms with Gasteiger partial charge in [-0.3, -0.25) is 0 Å². The van der Waals surface area contributed by atoms with Crippen molar-refractivity contribution in [3.05, 3.63) is 12.7 Å². The Morgan fingerprint density at radius 2 is 2.50 bits per heavy atom. The Hall–Kier alpha value is -0.700. The molecule has 0 heteroatoms. The van der Waals surface area contributed by atoms with E-state index in [0.29, 0.717) is 5.92 Å². The van der Waals surface area contributed by atoms with Crippen LogP contribution in [0, 0.1) is 18.3 Å². The lowest BCUT2D eigenvalue weighted by Crippen LogP contribution is -1.90. The highest BCUT2D eigenvalue weighted by Crippen LogP contribution is 2.05. The summed E-state index contributed by atoms with van der Waals surface area (Å²) in [6, 6.07) is 0. The number of allylic oxidation sites excluding steroid dienone is 1. The quantitative estimate of drug-likeness (QED) is 0.384. The van der Waals surface area contributed by atoms with Gasteiger partial charge in [0.25, 0.3) is 0 Å². The minimum atomic E-state index is 0.410. The van der Waals surface area contributed by atoms with Crippen LogP contribution < -0.4 is 0 Å². The van der Waals surface area contributed by atoms with Gasteiger partial charge in [-0.1, -0.05) is 13.0 Å². The van der Waals surface area contributed by atoms with Gasteiger partial charge in [0, 0.05) is 5.92 Å². The molecule has 44 valence electrons. The molecular weight excluding hydrogens is 96.1 g/mol. The minimum Gasteiger partial charge on any atom is -0.120 e. The summed E-state index contributed by atoms with van der Waals surface area (Å²) in [5.74, 6) is 3.09. The maximum Gasteiger partial charge on any atom is 0.0232 e. The lowest BCUT2D eigenvalue weighted by molar-refractivity contribution is 0.662. The third-order valence-corrected chi connectivity index (χ3v) is 1.18. The molecule has 0 saturated heterocycles. The molecule has 0 aliphatic rings. The van der Waals surface area contributed by atoms with Gasteiger partial charge in [0.15, 0.2) is 0 Å². The number of hydrogen-bond acceptors (Lipinski definition) is 0. The van der Waals surface area contributed by atoms with Crippen molar-refractivity contribution in [1.82, 2.24) is 0 Å². The summed E-state index contributed by atoms with van der Waals surface area (Å²) in [6.07, 6.45) is 9.05. The van der Waals surface area contributed by atoms with Crippen LogP contribution in [0.3, 0.4) is 0 Å². The molecule has 0 rings (SSSR count). The number of terminal acetylenes is 1. The topological polar surface area (TPSA) is 0 Å². The largest absolute Gasteiger partial charge is 0.120 e. The average molecular weight is 108 g/mol. The first-order chi connectivity index (χ1) is 3.85. The maximum atomic E-state index is 5.17. The molecule has 0 aliphatic carbocycles. The molecule has 0 saturated carbocycles. The van der Waals surface area contributed by atoms with Gasteiger partial charge in [-0.15, -0.1) is 18.9 Å². The molecule has 1 unspecified atom stereocenters. The van der Waals surface area contributed by atoms with Crippen molar-refractivity contribution in [3.8, 4) is 12.3 Å². The zero-order chi connectivity index (χ0) is 6.41. The summed E-state index contributed by atoms with van der Waals surface area (Å²) in [5, 5.41) is 0. The second-order valence-electron chi connectivity index (χ2n) is 1.80. The molecule has 0 nitrogen and oxygen atoms in total. The van der Waals surface area contributed by atoms with Crippen molar-refractivity contribution in [1.29, 1.82) is 0 Å². The van der Waals surface area contributed by atoms with Crippen LogP contribution in [0.2, 0.25) is 0 Å². The Labute approximate surface area is 51.6 Å². The molecule has 0 spiro atoms. The van der Waals surface area contributed by atoms with Crippen molar-refractivity contribution < 1.29 is 0 Å². The highest BCUT2D eigenvalue weighted by molar-refractivity contribution is 4.95. The van der Waals surface area contributed by atoms with Gasteiger partial charge in [0.1, 0.15) is 0 Å². The second-order valence-corrected chi connectivity index (χ2v) is 1.80. The molecule has 0 heterocycles. The Morgan fingerprint density at radius 3 is 2.62 bits per heavy atom. The molecule has 0 aromatic carbocycles. The van der Waals surface area contributed by atoms with Gasteiger partial charge >= 0.3 is 0 Å². The van der Waals surface area contributed by atoms with Crippen molar-refractivity contribution in [3.63, 3.8) is 0 Å². The minimum absolute atomic E-state index is 0.410. The molecule has 0 aromatic rings. The molecule has 0 amide bonds. The Bertz CT molecular complexity index is 95.1. The molecule has 0 aliphatic heterocycles. The summed E-state index contributed by atoms with van der Waals surface area (Å²) in [5.41, 5.74) is 0. The SMILES string of the molecule is C#CC(CC)CC=C. The van der Waals surface area contributed by atoms with E-state index in [0.717, 1.165) is 12.8 Å². The average Bonchev–Trinajstić information content (AvgIpc) is 1.83. The predicted molar refractivity (Wildman–Crippen MR) is 37.4 cm³/mol. The fourth-order valence-electron chi connectivity index (χ4n) is 0.554. The Kier molecular flexibility index (Phi) is 4.07. The van der Waals surface area contributed by atoms with E-state index in [4.69, 9.17) is 6.42 Å². The Morgan fingerprint density at radius 1 is 1.88 bits per heavy atom. The second kappa shape index (κ2) is 4.46. The van der Waals surface area contributed by atoms with Crippen LogP contribution in [0.4, 0.5) is 0 Å². The summed E-state index contributed by atoms with van der Waals surface area (Å²) < 4.78 is 0. The molecule has 0 fully saturated rings. The molecule has 0 N–H and O–H groups in total. The van der Waals surface area contributed by atoms with E-state index in [1.54, 1.807) is 0 Å². The predicted octanol–water partition coefficient (Wildman–Crippen LogP) is 2.22. The van der Waals surface area contributed by atoms with Crippen LogP contribution in [0.1, 0.15) is 19.8 Å². The highest BCUT2D eigenvalue weighted by Gasteiger charge is 1.94. The van der Waals surface area contributed by atoms with Crippen molar-refractivity contribution in [2.75, 3.05) is 0 Å². The summed E-state index contributed by atoms with van der Waals surface area (Å²) >= 11 is 0. The molecule has 1 atom stereocenters. The molecule has 0 radical (unpaired) electrons. The van der Waals surface area contributed by atoms with Crippen molar-refractivity contribution >= 4 is 0 Å². The third-order valence-electron chi connectivity index (χ3n) is 1.18. The first-order valence-electron chi connectivity index (χ1n) is 2.92. The lowest BCUT2D eigenvalue weighted by atomic mass is 10.0. The maximum absolute atomic E-state index is 5.17. The van der Waals surface area contributed by atoms with Crippen LogP contribution >= 0.6 is 0 Å². The normalized spacial score (nSPS) is 12.0. The standard InChI is InChI=1S/C8H12/c1-4-7-8(5-2)6-3/h2,4,8H,1,6-7H2,3H3. The molecule has 0 bridgehead atoms. The van der Waals surface area contributed by atoms with E-state index in [9.17, 15) is 0 Å². The third kappa shape index (κ3) is 2.47. The molecule has 8 heavy (non-hydrogen) atoms. The summed E-state index contributed by atoms with van der Waals surface area (Å²) in [6.45, 7) is 5.69. The van der Waals surface area contributed by atoms with Gasteiger partial charge in [-0.25, -0.2) is 0 Å². The van der Waals surface area contributed by atoms with Crippen molar-refractivity contribution in [2.45, 2.75) is 19.8 Å². The zero-order valence-corrected chi connectivity index (χ0v) is 5.35. The van der Waals surface area contributed by atoms with E-state index in [-0.39, 0.29) is 0 Å². The first kappa shape index (κ1) is 7.30. The number of rotatable bonds is 3. The zero-order valence-electron chi connectivity index (χ0n) is 5.35. The monoisotopic (exact) mass is 108 g/mol. The van der Waals surface area contributed by atoms with E-state index >= 15 is 0 Å². The lowest BCUT2D eigenvalue weighted by Gasteiger charge is -1.99. The van der Waals surface area contributed by atoms with Gasteiger partial charge in [-0.05, 0) is 12.8 Å². The van der Waals surface area contributed by atoms with E-state index in [2.05, 4.69) is 19.4 Å². The molecule has 0 aromatic heterocycles. The Balaban J connectivity index is 3.40. The highest BCUT2D eigenvalue weighted by atomic mass is 14.0. The van der Waals surface area contributed by atoms with Gasteiger partial charge in [0.2, 0.25) is 0 Å². The molecular formula is C8H12. The summed E-state index contributed by atoms with van der Waals surface area (Å²) in [7, 11) is 0. The smallest absolute Gasteiger partial charge is 0.0232 e. The van der Waals surface area contributed by atoms with Gasteiger partial charge in [-0.2, -0.15) is 0 Å². The summed E-state index contributed by atoms with van der Waals surface area (Å²) in [4.78, 5) is 0. The van der Waals surface area contributed by atoms with E-state index in [1.807, 2.05) is 6.08 Å². The van der Waals surface area contributed by atoms with Crippen LogP contribution in [0.25, 0.3) is 0 Å².